The number of anilines is 1. The van der Waals surface area contributed by atoms with Gasteiger partial charge in [-0.05, 0) is 17.3 Å². The van der Waals surface area contributed by atoms with E-state index in [1.165, 1.54) is 4.80 Å². The maximum Gasteiger partial charge on any atom is 0.182 e. The molecule has 1 aromatic carbocycles. The van der Waals surface area contributed by atoms with Gasteiger partial charge in [-0.1, -0.05) is 12.1 Å². The van der Waals surface area contributed by atoms with Gasteiger partial charge in [0.1, 0.15) is 5.75 Å². The van der Waals surface area contributed by atoms with Crippen LogP contribution in [0.5, 0.6) is 5.75 Å². The number of benzene rings is 1. The lowest BCUT2D eigenvalue weighted by Crippen LogP contribution is -2.38. The Morgan fingerprint density at radius 3 is 3.16 bits per heavy atom. The molecule has 1 aliphatic rings. The molecule has 2 aromatic rings. The van der Waals surface area contributed by atoms with Gasteiger partial charge in [0, 0.05) is 0 Å². The van der Waals surface area contributed by atoms with E-state index in [9.17, 15) is 4.79 Å². The lowest BCUT2D eigenvalue weighted by Gasteiger charge is -2.26. The molecule has 1 atom stereocenters. The van der Waals surface area contributed by atoms with Crippen molar-refractivity contribution in [1.82, 2.24) is 20.2 Å². The molecule has 0 saturated carbocycles. The highest BCUT2D eigenvalue weighted by atomic mass is 16.5. The summed E-state index contributed by atoms with van der Waals surface area (Å²) >= 11 is 0. The van der Waals surface area contributed by atoms with Crippen LogP contribution in [-0.2, 0) is 18.3 Å². The van der Waals surface area contributed by atoms with Crippen molar-refractivity contribution >= 4 is 11.5 Å². The summed E-state index contributed by atoms with van der Waals surface area (Å²) in [5, 5.41) is 14.7. The lowest BCUT2D eigenvalue weighted by molar-refractivity contribution is -0.124. The molecule has 0 radical (unpaired) electrons. The van der Waals surface area contributed by atoms with Crippen LogP contribution < -0.4 is 10.1 Å². The van der Waals surface area contributed by atoms with Gasteiger partial charge >= 0.3 is 0 Å². The van der Waals surface area contributed by atoms with Gasteiger partial charge in [-0.15, -0.1) is 10.2 Å². The normalized spacial score (nSPS) is 17.2. The number of Topliss-reactive ketones (excluding diaryl/α,β-unsaturated/α-hetero) is 1. The van der Waals surface area contributed by atoms with Crippen molar-refractivity contribution < 1.29 is 9.53 Å². The number of hydrogen-bond acceptors (Lipinski definition) is 6. The number of rotatable bonds is 3. The van der Waals surface area contributed by atoms with Crippen LogP contribution in [0.4, 0.5) is 5.69 Å². The summed E-state index contributed by atoms with van der Waals surface area (Å²) in [5.74, 6) is 1.05. The number of ketones is 1. The number of carbonyl (C=O) groups excluding carboxylic acids is 1. The molecule has 1 aromatic heterocycles. The number of para-hydroxylation sites is 2. The summed E-state index contributed by atoms with van der Waals surface area (Å²) in [6.07, 6.45) is -0.388. The van der Waals surface area contributed by atoms with Crippen LogP contribution in [0.2, 0.25) is 0 Å². The molecule has 98 valence electrons. The van der Waals surface area contributed by atoms with Crippen LogP contribution in [0.3, 0.4) is 0 Å². The first-order valence-corrected chi connectivity index (χ1v) is 5.97. The Hall–Kier alpha value is -2.44. The molecule has 0 aliphatic carbocycles. The molecule has 0 amide bonds. The second-order valence-electron chi connectivity index (χ2n) is 4.32. The van der Waals surface area contributed by atoms with E-state index < -0.39 is 6.10 Å². The zero-order valence-electron chi connectivity index (χ0n) is 10.4. The standard InChI is InChI=1S/C12H13N5O2/c1-17-15-12(14-16-17)6-9(18)11-7-13-8-4-2-3-5-10(8)19-11/h2-5,11,13H,6-7H2,1H3. The number of fused-ring (bicyclic) bond motifs is 1. The maximum absolute atomic E-state index is 12.1. The van der Waals surface area contributed by atoms with Crippen LogP contribution in [0.25, 0.3) is 0 Å². The van der Waals surface area contributed by atoms with Crippen molar-refractivity contribution in [3.8, 4) is 5.75 Å². The minimum Gasteiger partial charge on any atom is -0.479 e. The molecule has 0 bridgehead atoms. The first-order chi connectivity index (χ1) is 9.22. The van der Waals surface area contributed by atoms with E-state index >= 15 is 0 Å². The Labute approximate surface area is 109 Å². The number of aryl methyl sites for hydroxylation is 1. The van der Waals surface area contributed by atoms with Crippen molar-refractivity contribution in [3.63, 3.8) is 0 Å². The quantitative estimate of drug-likeness (QED) is 0.847. The molecule has 0 fully saturated rings. The molecule has 0 saturated heterocycles. The molecular weight excluding hydrogens is 246 g/mol. The maximum atomic E-state index is 12.1. The Bertz CT molecular complexity index is 610. The van der Waals surface area contributed by atoms with E-state index in [0.717, 1.165) is 5.69 Å². The molecular formula is C12H13N5O2. The highest BCUT2D eigenvalue weighted by molar-refractivity contribution is 5.86. The average Bonchev–Trinajstić information content (AvgIpc) is 2.83. The smallest absolute Gasteiger partial charge is 0.182 e. The minimum atomic E-state index is -0.515. The summed E-state index contributed by atoms with van der Waals surface area (Å²) in [5.41, 5.74) is 0.907. The first kappa shape index (κ1) is 11.6. The van der Waals surface area contributed by atoms with Gasteiger partial charge in [-0.2, -0.15) is 4.80 Å². The van der Waals surface area contributed by atoms with E-state index in [0.29, 0.717) is 18.1 Å². The molecule has 3 rings (SSSR count). The van der Waals surface area contributed by atoms with Crippen LogP contribution >= 0.6 is 0 Å². The highest BCUT2D eigenvalue weighted by Gasteiger charge is 2.26. The van der Waals surface area contributed by atoms with E-state index in [-0.39, 0.29) is 12.2 Å². The van der Waals surface area contributed by atoms with E-state index in [1.54, 1.807) is 7.05 Å². The van der Waals surface area contributed by atoms with Gasteiger partial charge in [0.25, 0.3) is 0 Å². The average molecular weight is 259 g/mol. The monoisotopic (exact) mass is 259 g/mol. The Kier molecular flexibility index (Phi) is 2.86. The SMILES string of the molecule is Cn1nnc(CC(=O)C2CNc3ccccc3O2)n1. The van der Waals surface area contributed by atoms with Crippen LogP contribution in [0.15, 0.2) is 24.3 Å². The Morgan fingerprint density at radius 1 is 1.53 bits per heavy atom. The lowest BCUT2D eigenvalue weighted by atomic mass is 10.1. The predicted molar refractivity (Wildman–Crippen MR) is 66.9 cm³/mol. The molecule has 2 heterocycles. The fraction of sp³-hybridized carbons (Fsp3) is 0.333. The fourth-order valence-corrected chi connectivity index (χ4v) is 1.96. The van der Waals surface area contributed by atoms with Gasteiger partial charge in [-0.25, -0.2) is 0 Å². The Balaban J connectivity index is 1.69. The fourth-order valence-electron chi connectivity index (χ4n) is 1.96. The number of ether oxygens (including phenoxy) is 1. The molecule has 7 nitrogen and oxygen atoms in total. The summed E-state index contributed by atoms with van der Waals surface area (Å²) < 4.78 is 5.68. The predicted octanol–water partition coefficient (Wildman–Crippen LogP) is 0.195. The number of carbonyl (C=O) groups is 1. The number of nitrogens with zero attached hydrogens (tertiary/aromatic N) is 4. The number of nitrogens with one attached hydrogen (secondary N) is 1. The largest absolute Gasteiger partial charge is 0.479 e. The van der Waals surface area contributed by atoms with Gasteiger partial charge < -0.3 is 10.1 Å². The summed E-state index contributed by atoms with van der Waals surface area (Å²) in [7, 11) is 1.66. The first-order valence-electron chi connectivity index (χ1n) is 5.97. The molecule has 19 heavy (non-hydrogen) atoms. The van der Waals surface area contributed by atoms with Gasteiger partial charge in [-0.3, -0.25) is 4.79 Å². The van der Waals surface area contributed by atoms with Crippen LogP contribution in [0, 0.1) is 0 Å². The molecule has 7 heteroatoms. The third kappa shape index (κ3) is 2.40. The van der Waals surface area contributed by atoms with Crippen molar-refractivity contribution in [1.29, 1.82) is 0 Å². The Morgan fingerprint density at radius 2 is 2.37 bits per heavy atom. The number of tetrazole rings is 1. The van der Waals surface area contributed by atoms with E-state index in [1.807, 2.05) is 24.3 Å². The van der Waals surface area contributed by atoms with Crippen LogP contribution in [0.1, 0.15) is 5.82 Å². The van der Waals surface area contributed by atoms with E-state index in [4.69, 9.17) is 4.74 Å². The number of aromatic nitrogens is 4. The van der Waals surface area contributed by atoms with Crippen molar-refractivity contribution in [2.24, 2.45) is 7.05 Å². The third-order valence-electron chi connectivity index (χ3n) is 2.88. The zero-order valence-corrected chi connectivity index (χ0v) is 10.4. The topological polar surface area (TPSA) is 81.9 Å². The summed E-state index contributed by atoms with van der Waals surface area (Å²) in [4.78, 5) is 13.4. The molecule has 1 N–H and O–H groups in total. The van der Waals surface area contributed by atoms with Gasteiger partial charge in [0.05, 0.1) is 25.7 Å². The number of hydrogen-bond donors (Lipinski definition) is 1. The summed E-state index contributed by atoms with van der Waals surface area (Å²) in [6, 6.07) is 7.54. The molecule has 1 aliphatic heterocycles. The molecule has 1 unspecified atom stereocenters. The van der Waals surface area contributed by atoms with Gasteiger partial charge in [0.15, 0.2) is 17.7 Å². The summed E-state index contributed by atoms with van der Waals surface area (Å²) in [6.45, 7) is 0.454. The second kappa shape index (κ2) is 4.68. The minimum absolute atomic E-state index is 0.0602. The van der Waals surface area contributed by atoms with Gasteiger partial charge in [0.2, 0.25) is 0 Å². The molecule has 0 spiro atoms. The second-order valence-corrected chi connectivity index (χ2v) is 4.32. The zero-order chi connectivity index (χ0) is 13.2. The van der Waals surface area contributed by atoms with E-state index in [2.05, 4.69) is 20.7 Å². The third-order valence-corrected chi connectivity index (χ3v) is 2.88. The van der Waals surface area contributed by atoms with Crippen molar-refractivity contribution in [2.45, 2.75) is 12.5 Å². The van der Waals surface area contributed by atoms with Crippen molar-refractivity contribution in [2.75, 3.05) is 11.9 Å². The van der Waals surface area contributed by atoms with Crippen molar-refractivity contribution in [3.05, 3.63) is 30.1 Å². The highest BCUT2D eigenvalue weighted by Crippen LogP contribution is 2.28. The van der Waals surface area contributed by atoms with Crippen LogP contribution in [-0.4, -0.2) is 38.6 Å².